The van der Waals surface area contributed by atoms with Gasteiger partial charge in [0.05, 0.1) is 23.7 Å². The first-order valence-corrected chi connectivity index (χ1v) is 13.2. The molecule has 3 rings (SSSR count). The summed E-state index contributed by atoms with van der Waals surface area (Å²) in [5.74, 6) is -0.307. The van der Waals surface area contributed by atoms with Gasteiger partial charge in [0.2, 0.25) is 15.9 Å². The van der Waals surface area contributed by atoms with Crippen molar-refractivity contribution in [2.75, 3.05) is 26.3 Å². The molecule has 1 N–H and O–H groups in total. The SMILES string of the molecule is CCC(C)NC(=O)c1nn(C(C)(C)C)c(Oc2ccc([N+](=O)[O-])cc2S(=O)(=O)N2CCOCC2)c1C. The van der Waals surface area contributed by atoms with Gasteiger partial charge < -0.3 is 14.8 Å². The van der Waals surface area contributed by atoms with Crippen LogP contribution in [0.5, 0.6) is 11.6 Å². The van der Waals surface area contributed by atoms with Gasteiger partial charge in [0.25, 0.3) is 11.6 Å². The van der Waals surface area contributed by atoms with Crippen LogP contribution < -0.4 is 10.1 Å². The number of hydrogen-bond donors (Lipinski definition) is 1. The van der Waals surface area contributed by atoms with Crippen LogP contribution in [-0.2, 0) is 20.3 Å². The summed E-state index contributed by atoms with van der Waals surface area (Å²) in [7, 11) is -4.14. The van der Waals surface area contributed by atoms with E-state index in [-0.39, 0.29) is 66.2 Å². The van der Waals surface area contributed by atoms with E-state index in [0.717, 1.165) is 12.5 Å². The number of nitrogens with one attached hydrogen (secondary N) is 1. The highest BCUT2D eigenvalue weighted by Gasteiger charge is 2.33. The lowest BCUT2D eigenvalue weighted by atomic mass is 10.1. The number of morpholine rings is 1. The lowest BCUT2D eigenvalue weighted by Crippen LogP contribution is -2.40. The summed E-state index contributed by atoms with van der Waals surface area (Å²) in [6.07, 6.45) is 0.736. The average molecular weight is 524 g/mol. The van der Waals surface area contributed by atoms with Crippen molar-refractivity contribution in [2.45, 2.75) is 64.4 Å². The Morgan fingerprint density at radius 3 is 2.50 bits per heavy atom. The van der Waals surface area contributed by atoms with Gasteiger partial charge in [0.15, 0.2) is 5.69 Å². The van der Waals surface area contributed by atoms with Gasteiger partial charge in [-0.2, -0.15) is 9.40 Å². The van der Waals surface area contributed by atoms with E-state index >= 15 is 0 Å². The van der Waals surface area contributed by atoms with Crippen molar-refractivity contribution in [3.63, 3.8) is 0 Å². The lowest BCUT2D eigenvalue weighted by Gasteiger charge is -2.27. The summed E-state index contributed by atoms with van der Waals surface area (Å²) < 4.78 is 41.1. The van der Waals surface area contributed by atoms with Gasteiger partial charge >= 0.3 is 0 Å². The van der Waals surface area contributed by atoms with Gasteiger partial charge in [-0.05, 0) is 47.1 Å². The van der Waals surface area contributed by atoms with Gasteiger partial charge in [-0.3, -0.25) is 14.9 Å². The molecule has 1 saturated heterocycles. The Bertz CT molecular complexity index is 1240. The van der Waals surface area contributed by atoms with Crippen LogP contribution in [0.15, 0.2) is 23.1 Å². The van der Waals surface area contributed by atoms with Crippen molar-refractivity contribution in [1.82, 2.24) is 19.4 Å². The molecule has 0 spiro atoms. The monoisotopic (exact) mass is 523 g/mol. The molecule has 1 aliphatic rings. The van der Waals surface area contributed by atoms with Gasteiger partial charge in [0, 0.05) is 36.8 Å². The summed E-state index contributed by atoms with van der Waals surface area (Å²) in [6.45, 7) is 11.8. The van der Waals surface area contributed by atoms with Crippen molar-refractivity contribution in [3.8, 4) is 11.6 Å². The number of non-ortho nitro benzene ring substituents is 1. The number of nitrogens with zero attached hydrogens (tertiary/aromatic N) is 4. The number of carbonyl (C=O) groups excluding carboxylic acids is 1. The van der Waals surface area contributed by atoms with Gasteiger partial charge in [-0.25, -0.2) is 13.1 Å². The highest BCUT2D eigenvalue weighted by atomic mass is 32.2. The zero-order chi connectivity index (χ0) is 26.8. The number of rotatable bonds is 8. The number of nitro groups is 1. The fourth-order valence-corrected chi connectivity index (χ4v) is 5.13. The maximum atomic E-state index is 13.5. The summed E-state index contributed by atoms with van der Waals surface area (Å²) in [4.78, 5) is 23.3. The summed E-state index contributed by atoms with van der Waals surface area (Å²) in [6, 6.07) is 3.35. The number of sulfonamides is 1. The minimum Gasteiger partial charge on any atom is -0.438 e. The Hall–Kier alpha value is -3.03. The third-order valence-electron chi connectivity index (χ3n) is 5.84. The zero-order valence-corrected chi connectivity index (χ0v) is 22.2. The van der Waals surface area contributed by atoms with Gasteiger partial charge in [-0.1, -0.05) is 6.92 Å². The van der Waals surface area contributed by atoms with E-state index in [1.165, 1.54) is 21.1 Å². The van der Waals surface area contributed by atoms with Crippen molar-refractivity contribution in [2.24, 2.45) is 0 Å². The summed E-state index contributed by atoms with van der Waals surface area (Å²) in [5.41, 5.74) is -0.443. The van der Waals surface area contributed by atoms with Crippen LogP contribution in [0, 0.1) is 17.0 Å². The summed E-state index contributed by atoms with van der Waals surface area (Å²) in [5, 5.41) is 18.8. The Morgan fingerprint density at radius 2 is 1.94 bits per heavy atom. The molecule has 198 valence electrons. The Labute approximate surface area is 210 Å². The molecule has 1 fully saturated rings. The fraction of sp³-hybridized carbons (Fsp3) is 0.565. The molecule has 12 nitrogen and oxygen atoms in total. The predicted molar refractivity (Wildman–Crippen MR) is 132 cm³/mol. The van der Waals surface area contributed by atoms with Crippen LogP contribution in [0.2, 0.25) is 0 Å². The third-order valence-corrected chi connectivity index (χ3v) is 7.76. The normalized spacial score (nSPS) is 15.9. The molecular weight excluding hydrogens is 490 g/mol. The van der Waals surface area contributed by atoms with E-state index in [1.807, 2.05) is 34.6 Å². The topological polar surface area (TPSA) is 146 Å². The fourth-order valence-electron chi connectivity index (χ4n) is 3.59. The molecule has 1 aromatic carbocycles. The van der Waals surface area contributed by atoms with E-state index in [4.69, 9.17) is 9.47 Å². The van der Waals surface area contributed by atoms with Crippen LogP contribution in [0.25, 0.3) is 0 Å². The molecular formula is C23H33N5O7S. The van der Waals surface area contributed by atoms with E-state index in [9.17, 15) is 23.3 Å². The quantitative estimate of drug-likeness (QED) is 0.410. The van der Waals surface area contributed by atoms with Gasteiger partial charge in [-0.15, -0.1) is 0 Å². The third kappa shape index (κ3) is 5.68. The molecule has 0 bridgehead atoms. The number of amides is 1. The number of ether oxygens (including phenoxy) is 2. The van der Waals surface area contributed by atoms with E-state index in [2.05, 4.69) is 10.4 Å². The molecule has 2 aromatic rings. The Morgan fingerprint density at radius 1 is 1.31 bits per heavy atom. The molecule has 1 atom stereocenters. The second-order valence-corrected chi connectivity index (χ2v) is 11.6. The smallest absolute Gasteiger partial charge is 0.272 e. The molecule has 0 radical (unpaired) electrons. The molecule has 36 heavy (non-hydrogen) atoms. The average Bonchev–Trinajstić information content (AvgIpc) is 3.16. The Kier molecular flexibility index (Phi) is 8.06. The van der Waals surface area contributed by atoms with Crippen LogP contribution in [0.4, 0.5) is 5.69 Å². The molecule has 1 amide bonds. The molecule has 1 unspecified atom stereocenters. The first-order valence-electron chi connectivity index (χ1n) is 11.7. The molecule has 0 aliphatic carbocycles. The highest BCUT2D eigenvalue weighted by Crippen LogP contribution is 2.37. The van der Waals surface area contributed by atoms with E-state index in [0.29, 0.717) is 5.56 Å². The van der Waals surface area contributed by atoms with Crippen molar-refractivity contribution < 1.29 is 27.6 Å². The maximum Gasteiger partial charge on any atom is 0.272 e. The molecule has 2 heterocycles. The maximum absolute atomic E-state index is 13.5. The lowest BCUT2D eigenvalue weighted by molar-refractivity contribution is -0.385. The largest absolute Gasteiger partial charge is 0.438 e. The number of hydrogen-bond acceptors (Lipinski definition) is 8. The molecule has 0 saturated carbocycles. The first-order chi connectivity index (χ1) is 16.8. The highest BCUT2D eigenvalue weighted by molar-refractivity contribution is 7.89. The van der Waals surface area contributed by atoms with Crippen LogP contribution in [-0.4, -0.2) is 65.7 Å². The number of benzene rings is 1. The zero-order valence-electron chi connectivity index (χ0n) is 21.4. The number of nitro benzene ring substituents is 1. The van der Waals surface area contributed by atoms with Crippen LogP contribution in [0.3, 0.4) is 0 Å². The number of aromatic nitrogens is 2. The van der Waals surface area contributed by atoms with Crippen LogP contribution in [0.1, 0.15) is 57.1 Å². The second-order valence-electron chi connectivity index (χ2n) is 9.65. The second kappa shape index (κ2) is 10.5. The standard InChI is InChI=1S/C23H33N5O7S/c1-7-15(2)24-21(29)20-16(3)22(27(25-20)23(4,5)6)35-18-9-8-17(28(30)31)14-19(18)36(32,33)26-10-12-34-13-11-26/h8-9,14-15H,7,10-13H2,1-6H3,(H,24,29). The predicted octanol–water partition coefficient (Wildman–Crippen LogP) is 3.20. The van der Waals surface area contributed by atoms with Crippen molar-refractivity contribution in [1.29, 1.82) is 0 Å². The van der Waals surface area contributed by atoms with Crippen molar-refractivity contribution >= 4 is 21.6 Å². The van der Waals surface area contributed by atoms with Crippen LogP contribution >= 0.6 is 0 Å². The molecule has 1 aliphatic heterocycles. The minimum absolute atomic E-state index is 0.0685. The molecule has 13 heteroatoms. The van der Waals surface area contributed by atoms with E-state index < -0.39 is 20.5 Å². The Balaban J connectivity index is 2.14. The molecule has 1 aromatic heterocycles. The van der Waals surface area contributed by atoms with Gasteiger partial charge in [0.1, 0.15) is 10.6 Å². The van der Waals surface area contributed by atoms with Crippen molar-refractivity contribution in [3.05, 3.63) is 39.6 Å². The minimum atomic E-state index is -4.14. The first kappa shape index (κ1) is 27.6. The van der Waals surface area contributed by atoms with E-state index in [1.54, 1.807) is 6.92 Å². The number of carbonyl (C=O) groups is 1. The summed E-state index contributed by atoms with van der Waals surface area (Å²) >= 11 is 0.